The molecular formula is C21H22Cl2N4O2. The van der Waals surface area contributed by atoms with Gasteiger partial charge in [0.1, 0.15) is 11.3 Å². The summed E-state index contributed by atoms with van der Waals surface area (Å²) in [7, 11) is 0. The Labute approximate surface area is 179 Å². The molecule has 0 radical (unpaired) electrons. The zero-order chi connectivity index (χ0) is 20.8. The minimum atomic E-state index is -0.142. The zero-order valence-corrected chi connectivity index (χ0v) is 17.6. The van der Waals surface area contributed by atoms with Crippen molar-refractivity contribution in [3.8, 4) is 0 Å². The third-order valence-corrected chi connectivity index (χ3v) is 4.87. The van der Waals surface area contributed by atoms with Crippen molar-refractivity contribution >= 4 is 46.4 Å². The number of hydrogen-bond donors (Lipinski definition) is 2. The van der Waals surface area contributed by atoms with Crippen molar-refractivity contribution in [2.75, 3.05) is 11.9 Å². The first-order valence-electron chi connectivity index (χ1n) is 9.42. The maximum atomic E-state index is 12.5. The van der Waals surface area contributed by atoms with Gasteiger partial charge in [0, 0.05) is 34.9 Å². The molecule has 8 heteroatoms. The average molecular weight is 433 g/mol. The number of carbonyl (C=O) groups is 2. The molecule has 2 aromatic heterocycles. The third kappa shape index (κ3) is 5.71. The molecule has 0 spiro atoms. The first-order chi connectivity index (χ1) is 13.9. The van der Waals surface area contributed by atoms with Gasteiger partial charge in [-0.3, -0.25) is 14.0 Å². The molecule has 2 N–H and O–H groups in total. The summed E-state index contributed by atoms with van der Waals surface area (Å²) in [6.45, 7) is 2.37. The summed E-state index contributed by atoms with van der Waals surface area (Å²) in [5.41, 5.74) is 2.59. The molecule has 0 saturated heterocycles. The van der Waals surface area contributed by atoms with E-state index in [2.05, 4.69) is 15.6 Å². The number of unbranched alkanes of at least 4 members (excludes halogenated alkanes) is 2. The smallest absolute Gasteiger partial charge is 0.270 e. The number of fused-ring (bicyclic) bond motifs is 1. The standard InChI is InChI=1S/C21H22Cl2N4O2/c1-14-20(27-10-6-4-7-18(27)25-14)21(29)24-9-5-2-3-8-19(28)26-17-12-15(22)11-16(23)13-17/h4,6-7,10-13H,2-3,5,8-9H2,1H3,(H,24,29)(H,26,28). The molecule has 0 aliphatic heterocycles. The van der Waals surface area contributed by atoms with Gasteiger partial charge in [0.2, 0.25) is 5.91 Å². The van der Waals surface area contributed by atoms with Gasteiger partial charge < -0.3 is 10.6 Å². The number of hydrogen-bond acceptors (Lipinski definition) is 3. The summed E-state index contributed by atoms with van der Waals surface area (Å²) in [5.74, 6) is -0.231. The van der Waals surface area contributed by atoms with Crippen LogP contribution in [0.3, 0.4) is 0 Å². The summed E-state index contributed by atoms with van der Waals surface area (Å²) >= 11 is 11.8. The molecule has 3 rings (SSSR count). The quantitative estimate of drug-likeness (QED) is 0.498. The highest BCUT2D eigenvalue weighted by Gasteiger charge is 2.15. The second-order valence-electron chi connectivity index (χ2n) is 6.75. The average Bonchev–Trinajstić information content (AvgIpc) is 2.99. The van der Waals surface area contributed by atoms with Crippen LogP contribution in [-0.2, 0) is 4.79 Å². The molecular weight excluding hydrogens is 411 g/mol. The molecule has 0 atom stereocenters. The summed E-state index contributed by atoms with van der Waals surface area (Å²) in [6.07, 6.45) is 4.57. The van der Waals surface area contributed by atoms with Crippen LogP contribution < -0.4 is 10.6 Å². The van der Waals surface area contributed by atoms with Crippen LogP contribution in [0.2, 0.25) is 10.0 Å². The maximum Gasteiger partial charge on any atom is 0.270 e. The lowest BCUT2D eigenvalue weighted by atomic mass is 10.2. The molecule has 0 saturated carbocycles. The first-order valence-corrected chi connectivity index (χ1v) is 10.2. The number of halogens is 2. The van der Waals surface area contributed by atoms with Crippen molar-refractivity contribution < 1.29 is 9.59 Å². The van der Waals surface area contributed by atoms with E-state index in [1.165, 1.54) is 0 Å². The number of pyridine rings is 1. The van der Waals surface area contributed by atoms with Crippen molar-refractivity contribution in [2.24, 2.45) is 0 Å². The number of anilines is 1. The Kier molecular flexibility index (Phi) is 7.12. The van der Waals surface area contributed by atoms with Crippen LogP contribution in [-0.4, -0.2) is 27.7 Å². The van der Waals surface area contributed by atoms with Gasteiger partial charge in [0.25, 0.3) is 5.91 Å². The van der Waals surface area contributed by atoms with Gasteiger partial charge in [-0.05, 0) is 50.1 Å². The largest absolute Gasteiger partial charge is 0.351 e. The Balaban J connectivity index is 1.38. The molecule has 0 bridgehead atoms. The third-order valence-electron chi connectivity index (χ3n) is 4.43. The fraction of sp³-hybridized carbons (Fsp3) is 0.286. The minimum Gasteiger partial charge on any atom is -0.351 e. The summed E-state index contributed by atoms with van der Waals surface area (Å²) in [6, 6.07) is 10.5. The molecule has 6 nitrogen and oxygen atoms in total. The molecule has 3 aromatic rings. The number of aromatic nitrogens is 2. The zero-order valence-electron chi connectivity index (χ0n) is 16.0. The van der Waals surface area contributed by atoms with Gasteiger partial charge in [-0.2, -0.15) is 0 Å². The number of nitrogens with one attached hydrogen (secondary N) is 2. The number of aryl methyl sites for hydroxylation is 1. The Bertz CT molecular complexity index is 1010. The van der Waals surface area contributed by atoms with E-state index in [4.69, 9.17) is 23.2 Å². The number of benzene rings is 1. The Morgan fingerprint density at radius 3 is 2.59 bits per heavy atom. The SMILES string of the molecule is Cc1nc2ccccn2c1C(=O)NCCCCCC(=O)Nc1cc(Cl)cc(Cl)c1. The topological polar surface area (TPSA) is 75.5 Å². The highest BCUT2D eigenvalue weighted by atomic mass is 35.5. The number of carbonyl (C=O) groups excluding carboxylic acids is 2. The lowest BCUT2D eigenvalue weighted by molar-refractivity contribution is -0.116. The lowest BCUT2D eigenvalue weighted by Crippen LogP contribution is -2.26. The fourth-order valence-electron chi connectivity index (χ4n) is 3.11. The van der Waals surface area contributed by atoms with Gasteiger partial charge in [-0.15, -0.1) is 0 Å². The van der Waals surface area contributed by atoms with E-state index in [-0.39, 0.29) is 11.8 Å². The van der Waals surface area contributed by atoms with Gasteiger partial charge in [0.05, 0.1) is 5.69 Å². The van der Waals surface area contributed by atoms with Crippen LogP contribution in [0, 0.1) is 6.92 Å². The molecule has 0 unspecified atom stereocenters. The van der Waals surface area contributed by atoms with E-state index in [9.17, 15) is 9.59 Å². The van der Waals surface area contributed by atoms with Crippen LogP contribution in [0.5, 0.6) is 0 Å². The van der Waals surface area contributed by atoms with E-state index in [0.29, 0.717) is 40.1 Å². The number of rotatable bonds is 8. The lowest BCUT2D eigenvalue weighted by Gasteiger charge is -2.07. The Hall–Kier alpha value is -2.57. The number of amides is 2. The Morgan fingerprint density at radius 2 is 1.83 bits per heavy atom. The van der Waals surface area contributed by atoms with E-state index in [1.54, 1.807) is 22.6 Å². The predicted octanol–water partition coefficient (Wildman–Crippen LogP) is 4.88. The van der Waals surface area contributed by atoms with Gasteiger partial charge in [-0.25, -0.2) is 4.98 Å². The maximum absolute atomic E-state index is 12.5. The Morgan fingerprint density at radius 1 is 1.07 bits per heavy atom. The van der Waals surface area contributed by atoms with Crippen molar-refractivity contribution in [3.63, 3.8) is 0 Å². The molecule has 1 aromatic carbocycles. The van der Waals surface area contributed by atoms with Crippen LogP contribution in [0.1, 0.15) is 41.9 Å². The van der Waals surface area contributed by atoms with Crippen LogP contribution in [0.15, 0.2) is 42.6 Å². The highest BCUT2D eigenvalue weighted by molar-refractivity contribution is 6.35. The van der Waals surface area contributed by atoms with Crippen LogP contribution in [0.25, 0.3) is 5.65 Å². The number of nitrogens with zero attached hydrogens (tertiary/aromatic N) is 2. The molecule has 0 fully saturated rings. The van der Waals surface area contributed by atoms with Gasteiger partial charge in [0.15, 0.2) is 0 Å². The van der Waals surface area contributed by atoms with Crippen molar-refractivity contribution in [1.29, 1.82) is 0 Å². The van der Waals surface area contributed by atoms with Crippen LogP contribution >= 0.6 is 23.2 Å². The second-order valence-corrected chi connectivity index (χ2v) is 7.62. The second kappa shape index (κ2) is 9.76. The normalized spacial score (nSPS) is 10.9. The van der Waals surface area contributed by atoms with E-state index in [1.807, 2.05) is 31.3 Å². The van der Waals surface area contributed by atoms with Crippen LogP contribution in [0.4, 0.5) is 5.69 Å². The minimum absolute atomic E-state index is 0.0891. The van der Waals surface area contributed by atoms with Crippen molar-refractivity contribution in [2.45, 2.75) is 32.6 Å². The first kappa shape index (κ1) is 21.1. The molecule has 2 amide bonds. The summed E-state index contributed by atoms with van der Waals surface area (Å²) in [4.78, 5) is 28.9. The predicted molar refractivity (Wildman–Crippen MR) is 116 cm³/mol. The van der Waals surface area contributed by atoms with E-state index < -0.39 is 0 Å². The molecule has 0 aliphatic rings. The molecule has 0 aliphatic carbocycles. The summed E-state index contributed by atoms with van der Waals surface area (Å²) < 4.78 is 1.79. The monoisotopic (exact) mass is 432 g/mol. The fourth-order valence-corrected chi connectivity index (χ4v) is 3.64. The number of imidazole rings is 1. The van der Waals surface area contributed by atoms with Crippen molar-refractivity contribution in [1.82, 2.24) is 14.7 Å². The van der Waals surface area contributed by atoms with E-state index in [0.717, 1.165) is 24.9 Å². The van der Waals surface area contributed by atoms with Gasteiger partial charge in [-0.1, -0.05) is 35.7 Å². The van der Waals surface area contributed by atoms with E-state index >= 15 is 0 Å². The molecule has 2 heterocycles. The van der Waals surface area contributed by atoms with Gasteiger partial charge >= 0.3 is 0 Å². The van der Waals surface area contributed by atoms with Crippen molar-refractivity contribution in [3.05, 3.63) is 64.0 Å². The summed E-state index contributed by atoms with van der Waals surface area (Å²) in [5, 5.41) is 6.67. The highest BCUT2D eigenvalue weighted by Crippen LogP contribution is 2.22. The molecule has 152 valence electrons. The molecule has 29 heavy (non-hydrogen) atoms.